The summed E-state index contributed by atoms with van der Waals surface area (Å²) in [6.45, 7) is 0.0984. The van der Waals surface area contributed by atoms with Crippen molar-refractivity contribution in [2.24, 2.45) is 5.92 Å². The van der Waals surface area contributed by atoms with Gasteiger partial charge in [0.15, 0.2) is 0 Å². The second-order valence-corrected chi connectivity index (χ2v) is 8.82. The lowest BCUT2D eigenvalue weighted by Crippen LogP contribution is -2.46. The highest BCUT2D eigenvalue weighted by Crippen LogP contribution is 2.44. The molecule has 0 aromatic heterocycles. The Morgan fingerprint density at radius 1 is 0.943 bits per heavy atom. The van der Waals surface area contributed by atoms with E-state index in [0.717, 1.165) is 34.4 Å². The Morgan fingerprint density at radius 2 is 1.57 bits per heavy atom. The molecule has 0 radical (unpaired) electrons. The molecule has 178 valence electrons. The van der Waals surface area contributed by atoms with Gasteiger partial charge in [-0.15, -0.1) is 0 Å². The number of amides is 2. The molecule has 3 aromatic carbocycles. The molecule has 2 aliphatic carbocycles. The van der Waals surface area contributed by atoms with E-state index in [1.807, 2.05) is 48.5 Å². The van der Waals surface area contributed by atoms with Crippen molar-refractivity contribution in [3.63, 3.8) is 0 Å². The van der Waals surface area contributed by atoms with Crippen LogP contribution in [0.1, 0.15) is 40.2 Å². The first kappa shape index (κ1) is 22.6. The highest BCUT2D eigenvalue weighted by Gasteiger charge is 2.36. The van der Waals surface area contributed by atoms with Crippen molar-refractivity contribution in [1.29, 1.82) is 0 Å². The molecule has 1 fully saturated rings. The molecule has 0 heterocycles. The number of carbonyl (C=O) groups excluding carboxylic acids is 2. The van der Waals surface area contributed by atoms with E-state index in [1.54, 1.807) is 0 Å². The Labute approximate surface area is 200 Å². The molecule has 35 heavy (non-hydrogen) atoms. The Hall–Kier alpha value is -4.20. The van der Waals surface area contributed by atoms with Crippen LogP contribution in [-0.2, 0) is 9.53 Å². The van der Waals surface area contributed by atoms with Crippen molar-refractivity contribution in [1.82, 2.24) is 5.32 Å². The van der Waals surface area contributed by atoms with Crippen molar-refractivity contribution < 1.29 is 28.6 Å². The maximum absolute atomic E-state index is 13.9. The van der Waals surface area contributed by atoms with E-state index < -0.39 is 29.7 Å². The molecular weight excluding hydrogens is 451 g/mol. The molecule has 5 rings (SSSR count). The largest absolute Gasteiger partial charge is 0.481 e. The number of rotatable bonds is 6. The van der Waals surface area contributed by atoms with Crippen LogP contribution in [0, 0.1) is 11.7 Å². The topological polar surface area (TPSA) is 105 Å². The number of fused-ring (bicyclic) bond motifs is 3. The number of nitrogens with one attached hydrogen (secondary N) is 2. The summed E-state index contributed by atoms with van der Waals surface area (Å²) in [5.74, 6) is -2.74. The Morgan fingerprint density at radius 3 is 2.20 bits per heavy atom. The summed E-state index contributed by atoms with van der Waals surface area (Å²) < 4.78 is 19.4. The minimum Gasteiger partial charge on any atom is -0.481 e. The molecule has 2 aliphatic rings. The summed E-state index contributed by atoms with van der Waals surface area (Å²) in [6, 6.07) is 19.1. The number of benzene rings is 3. The quantitative estimate of drug-likeness (QED) is 0.477. The third-order valence-electron chi connectivity index (χ3n) is 6.63. The smallest absolute Gasteiger partial charge is 0.411 e. The Bertz CT molecular complexity index is 1270. The molecule has 0 bridgehead atoms. The molecule has 0 unspecified atom stereocenters. The summed E-state index contributed by atoms with van der Waals surface area (Å²) in [7, 11) is 0. The van der Waals surface area contributed by atoms with Crippen LogP contribution in [0.5, 0.6) is 0 Å². The zero-order chi connectivity index (χ0) is 24.5. The number of ether oxygens (including phenoxy) is 1. The van der Waals surface area contributed by atoms with Gasteiger partial charge < -0.3 is 15.2 Å². The second kappa shape index (κ2) is 9.21. The molecule has 3 aromatic rings. The number of carboxylic acids is 1. The van der Waals surface area contributed by atoms with Gasteiger partial charge in [0.2, 0.25) is 0 Å². The Kier molecular flexibility index (Phi) is 5.94. The van der Waals surface area contributed by atoms with Gasteiger partial charge in [0, 0.05) is 12.0 Å². The monoisotopic (exact) mass is 474 g/mol. The zero-order valence-electron chi connectivity index (χ0n) is 18.7. The maximum atomic E-state index is 13.9. The summed E-state index contributed by atoms with van der Waals surface area (Å²) >= 11 is 0. The first-order valence-electron chi connectivity index (χ1n) is 11.4. The first-order valence-corrected chi connectivity index (χ1v) is 11.4. The van der Waals surface area contributed by atoms with E-state index in [-0.39, 0.29) is 29.8 Å². The van der Waals surface area contributed by atoms with Crippen LogP contribution in [-0.4, -0.2) is 35.7 Å². The highest BCUT2D eigenvalue weighted by atomic mass is 19.1. The van der Waals surface area contributed by atoms with Crippen molar-refractivity contribution >= 4 is 23.7 Å². The SMILES string of the molecule is O=C(Nc1ccc(F)cc1C(=O)NC1CC(C(=O)O)C1)OCC1c2ccccc2-c2ccccc21. The summed E-state index contributed by atoms with van der Waals surface area (Å²) in [4.78, 5) is 36.3. The number of anilines is 1. The van der Waals surface area contributed by atoms with Gasteiger partial charge in [-0.05, 0) is 53.3 Å². The van der Waals surface area contributed by atoms with Crippen LogP contribution in [0.4, 0.5) is 14.9 Å². The number of hydrogen-bond acceptors (Lipinski definition) is 4. The van der Waals surface area contributed by atoms with E-state index in [9.17, 15) is 18.8 Å². The van der Waals surface area contributed by atoms with Gasteiger partial charge in [-0.2, -0.15) is 0 Å². The first-order chi connectivity index (χ1) is 16.9. The zero-order valence-corrected chi connectivity index (χ0v) is 18.7. The number of hydrogen-bond donors (Lipinski definition) is 3. The van der Waals surface area contributed by atoms with Crippen LogP contribution < -0.4 is 10.6 Å². The van der Waals surface area contributed by atoms with Gasteiger partial charge >= 0.3 is 12.1 Å². The van der Waals surface area contributed by atoms with Crippen LogP contribution in [0.15, 0.2) is 66.7 Å². The van der Waals surface area contributed by atoms with Crippen molar-refractivity contribution in [2.75, 3.05) is 11.9 Å². The van der Waals surface area contributed by atoms with Gasteiger partial charge in [0.05, 0.1) is 17.2 Å². The van der Waals surface area contributed by atoms with Crippen LogP contribution in [0.2, 0.25) is 0 Å². The fourth-order valence-corrected chi connectivity index (χ4v) is 4.76. The van der Waals surface area contributed by atoms with Crippen LogP contribution in [0.3, 0.4) is 0 Å². The normalized spacial score (nSPS) is 18.1. The van der Waals surface area contributed by atoms with Crippen LogP contribution >= 0.6 is 0 Å². The molecule has 0 spiro atoms. The fraction of sp³-hybridized carbons (Fsp3) is 0.222. The molecular formula is C27H23FN2O5. The molecule has 0 aliphatic heterocycles. The summed E-state index contributed by atoms with van der Waals surface area (Å²) in [5, 5.41) is 14.2. The lowest BCUT2D eigenvalue weighted by molar-refractivity contribution is -0.145. The molecule has 3 N–H and O–H groups in total. The predicted octanol–water partition coefficient (Wildman–Crippen LogP) is 4.78. The minimum absolute atomic E-state index is 0.0581. The highest BCUT2D eigenvalue weighted by molar-refractivity contribution is 6.03. The van der Waals surface area contributed by atoms with Gasteiger partial charge in [-0.3, -0.25) is 14.9 Å². The third-order valence-corrected chi connectivity index (χ3v) is 6.63. The summed E-state index contributed by atoms with van der Waals surface area (Å²) in [6.07, 6.45) is -0.140. The molecule has 2 amide bonds. The van der Waals surface area contributed by atoms with Gasteiger partial charge in [0.25, 0.3) is 5.91 Å². The average molecular weight is 474 g/mol. The maximum Gasteiger partial charge on any atom is 0.411 e. The van der Waals surface area contributed by atoms with E-state index in [2.05, 4.69) is 10.6 Å². The lowest BCUT2D eigenvalue weighted by Gasteiger charge is -2.33. The number of carboxylic acid groups (broad SMARTS) is 1. The lowest BCUT2D eigenvalue weighted by atomic mass is 9.80. The van der Waals surface area contributed by atoms with Crippen molar-refractivity contribution in [3.05, 3.63) is 89.2 Å². The standard InChI is InChI=1S/C27H23FN2O5/c28-16-9-10-24(22(13-16)25(31)29-17-11-15(12-17)26(32)33)30-27(34)35-14-23-20-7-3-1-5-18(20)19-6-2-4-8-21(19)23/h1-10,13,15,17,23H,11-12,14H2,(H,29,31)(H,30,34)(H,32,33). The number of halogens is 1. The molecule has 7 nitrogen and oxygen atoms in total. The van der Waals surface area contributed by atoms with Crippen LogP contribution in [0.25, 0.3) is 11.1 Å². The van der Waals surface area contributed by atoms with Gasteiger partial charge in [-0.25, -0.2) is 9.18 Å². The van der Waals surface area contributed by atoms with E-state index in [4.69, 9.17) is 9.84 Å². The van der Waals surface area contributed by atoms with E-state index in [1.165, 1.54) is 6.07 Å². The van der Waals surface area contributed by atoms with Crippen molar-refractivity contribution in [2.45, 2.75) is 24.8 Å². The van der Waals surface area contributed by atoms with E-state index >= 15 is 0 Å². The average Bonchev–Trinajstić information content (AvgIpc) is 3.14. The Balaban J connectivity index is 1.26. The second-order valence-electron chi connectivity index (χ2n) is 8.82. The molecule has 0 saturated heterocycles. The summed E-state index contributed by atoms with van der Waals surface area (Å²) in [5.41, 5.74) is 4.41. The van der Waals surface area contributed by atoms with Gasteiger partial charge in [0.1, 0.15) is 12.4 Å². The molecule has 1 saturated carbocycles. The van der Waals surface area contributed by atoms with E-state index in [0.29, 0.717) is 12.8 Å². The number of carbonyl (C=O) groups is 3. The third kappa shape index (κ3) is 4.47. The van der Waals surface area contributed by atoms with Gasteiger partial charge in [-0.1, -0.05) is 48.5 Å². The predicted molar refractivity (Wildman–Crippen MR) is 127 cm³/mol. The van der Waals surface area contributed by atoms with Crippen molar-refractivity contribution in [3.8, 4) is 11.1 Å². The number of aliphatic carboxylic acids is 1. The molecule has 8 heteroatoms. The fourth-order valence-electron chi connectivity index (χ4n) is 4.76. The minimum atomic E-state index is -0.904. The molecule has 0 atom stereocenters.